The molecule has 0 radical (unpaired) electrons. The van der Waals surface area contributed by atoms with E-state index in [0.717, 1.165) is 0 Å². The van der Waals surface area contributed by atoms with Crippen molar-refractivity contribution in [3.8, 4) is 0 Å². The first-order chi connectivity index (χ1) is 14.7. The van der Waals surface area contributed by atoms with Crippen LogP contribution in [-0.4, -0.2) is 44.3 Å². The fourth-order valence-electron chi connectivity index (χ4n) is 3.34. The number of hydrogen-bond donors (Lipinski definition) is 1. The van der Waals surface area contributed by atoms with Crippen molar-refractivity contribution >= 4 is 50.8 Å². The third-order valence-corrected chi connectivity index (χ3v) is 7.40. The standard InChI is InChI=1S/C21H22Cl2N2O5S/c1-2-30-21(27)18-12-16(7-10-19(18)23)24-20(26)14-4-3-11-25(13-14)31(28,29)17-8-5-15(22)6-9-17/h5-10,12,14H,2-4,11,13H2,1H3,(H,24,26)/t14-/m1/s1. The van der Waals surface area contributed by atoms with Gasteiger partial charge in [0.2, 0.25) is 15.9 Å². The molecule has 1 fully saturated rings. The number of sulfonamides is 1. The van der Waals surface area contributed by atoms with Crippen LogP contribution in [0, 0.1) is 5.92 Å². The van der Waals surface area contributed by atoms with Crippen LogP contribution in [0.2, 0.25) is 10.0 Å². The van der Waals surface area contributed by atoms with Gasteiger partial charge in [0.1, 0.15) is 0 Å². The van der Waals surface area contributed by atoms with Gasteiger partial charge in [-0.2, -0.15) is 4.31 Å². The van der Waals surface area contributed by atoms with Crippen molar-refractivity contribution in [2.45, 2.75) is 24.7 Å². The average Bonchev–Trinajstić information content (AvgIpc) is 2.75. The van der Waals surface area contributed by atoms with Crippen molar-refractivity contribution < 1.29 is 22.7 Å². The van der Waals surface area contributed by atoms with Gasteiger partial charge in [-0.3, -0.25) is 4.79 Å². The average molecular weight is 485 g/mol. The Morgan fingerprint density at radius 2 is 1.87 bits per heavy atom. The van der Waals surface area contributed by atoms with E-state index in [4.69, 9.17) is 27.9 Å². The van der Waals surface area contributed by atoms with Gasteiger partial charge >= 0.3 is 5.97 Å². The highest BCUT2D eigenvalue weighted by Crippen LogP contribution is 2.27. The van der Waals surface area contributed by atoms with E-state index in [-0.39, 0.29) is 34.5 Å². The highest BCUT2D eigenvalue weighted by atomic mass is 35.5. The second-order valence-electron chi connectivity index (χ2n) is 7.06. The number of anilines is 1. The molecule has 0 bridgehead atoms. The predicted molar refractivity (Wildman–Crippen MR) is 119 cm³/mol. The van der Waals surface area contributed by atoms with Crippen molar-refractivity contribution in [3.05, 3.63) is 58.1 Å². The van der Waals surface area contributed by atoms with Gasteiger partial charge in [0.15, 0.2) is 0 Å². The summed E-state index contributed by atoms with van der Waals surface area (Å²) in [4.78, 5) is 25.0. The van der Waals surface area contributed by atoms with Gasteiger partial charge in [0, 0.05) is 23.8 Å². The van der Waals surface area contributed by atoms with Crippen LogP contribution in [0.15, 0.2) is 47.4 Å². The number of nitrogens with one attached hydrogen (secondary N) is 1. The molecular weight excluding hydrogens is 463 g/mol. The van der Waals surface area contributed by atoms with E-state index in [1.807, 2.05) is 0 Å². The van der Waals surface area contributed by atoms with E-state index in [9.17, 15) is 18.0 Å². The number of nitrogens with zero attached hydrogens (tertiary/aromatic N) is 1. The summed E-state index contributed by atoms with van der Waals surface area (Å²) < 4.78 is 32.1. The molecular formula is C21H22Cl2N2O5S. The van der Waals surface area contributed by atoms with E-state index in [1.54, 1.807) is 13.0 Å². The number of esters is 1. The molecule has 3 rings (SSSR count). The SMILES string of the molecule is CCOC(=O)c1cc(NC(=O)[C@@H]2CCCN(S(=O)(=O)c3ccc(Cl)cc3)C2)ccc1Cl. The van der Waals surface area contributed by atoms with Crippen molar-refractivity contribution in [1.29, 1.82) is 0 Å². The number of amides is 1. The normalized spacial score (nSPS) is 17.2. The Hall–Kier alpha value is -2.13. The van der Waals surface area contributed by atoms with Crippen LogP contribution in [0.3, 0.4) is 0 Å². The summed E-state index contributed by atoms with van der Waals surface area (Å²) in [5.74, 6) is -1.44. The minimum Gasteiger partial charge on any atom is -0.462 e. The number of hydrogen-bond acceptors (Lipinski definition) is 5. The Bertz CT molecular complexity index is 1070. The maximum Gasteiger partial charge on any atom is 0.339 e. The zero-order valence-electron chi connectivity index (χ0n) is 16.8. The third-order valence-electron chi connectivity index (χ3n) is 4.94. The molecule has 1 amide bonds. The number of benzene rings is 2. The topological polar surface area (TPSA) is 92.8 Å². The molecule has 166 valence electrons. The minimum atomic E-state index is -3.73. The molecule has 10 heteroatoms. The number of carbonyl (C=O) groups is 2. The Kier molecular flexibility index (Phi) is 7.59. The fourth-order valence-corrected chi connectivity index (χ4v) is 5.19. The second-order valence-corrected chi connectivity index (χ2v) is 9.84. The van der Waals surface area contributed by atoms with Gasteiger partial charge in [-0.25, -0.2) is 13.2 Å². The summed E-state index contributed by atoms with van der Waals surface area (Å²) in [5, 5.41) is 3.41. The Balaban J connectivity index is 1.72. The molecule has 1 atom stereocenters. The summed E-state index contributed by atoms with van der Waals surface area (Å²) in [6, 6.07) is 10.5. The van der Waals surface area contributed by atoms with E-state index in [0.29, 0.717) is 30.1 Å². The maximum absolute atomic E-state index is 12.9. The quantitative estimate of drug-likeness (QED) is 0.619. The zero-order chi connectivity index (χ0) is 22.6. The zero-order valence-corrected chi connectivity index (χ0v) is 19.1. The van der Waals surface area contributed by atoms with Crippen LogP contribution in [0.1, 0.15) is 30.1 Å². The largest absolute Gasteiger partial charge is 0.462 e. The predicted octanol–water partition coefficient (Wildman–Crippen LogP) is 4.21. The van der Waals surface area contributed by atoms with Crippen LogP contribution in [0.25, 0.3) is 0 Å². The summed E-state index contributed by atoms with van der Waals surface area (Å²) in [5.41, 5.74) is 0.534. The first-order valence-corrected chi connectivity index (χ1v) is 11.9. The van der Waals surface area contributed by atoms with Crippen molar-refractivity contribution in [1.82, 2.24) is 4.31 Å². The fraction of sp³-hybridized carbons (Fsp3) is 0.333. The molecule has 0 unspecified atom stereocenters. The molecule has 0 spiro atoms. The highest BCUT2D eigenvalue weighted by Gasteiger charge is 2.33. The van der Waals surface area contributed by atoms with E-state index in [1.165, 1.54) is 40.7 Å². The van der Waals surface area contributed by atoms with Crippen LogP contribution >= 0.6 is 23.2 Å². The lowest BCUT2D eigenvalue weighted by atomic mass is 9.98. The number of carbonyl (C=O) groups excluding carboxylic acids is 2. The molecule has 1 N–H and O–H groups in total. The van der Waals surface area contributed by atoms with E-state index < -0.39 is 21.9 Å². The number of halogens is 2. The lowest BCUT2D eigenvalue weighted by Gasteiger charge is -2.31. The summed E-state index contributed by atoms with van der Waals surface area (Å²) in [6.07, 6.45) is 1.11. The van der Waals surface area contributed by atoms with E-state index >= 15 is 0 Å². The molecule has 1 heterocycles. The lowest BCUT2D eigenvalue weighted by Crippen LogP contribution is -2.43. The molecule has 1 aliphatic heterocycles. The van der Waals surface area contributed by atoms with Gasteiger partial charge in [-0.15, -0.1) is 0 Å². The molecule has 2 aromatic carbocycles. The molecule has 1 saturated heterocycles. The highest BCUT2D eigenvalue weighted by molar-refractivity contribution is 7.89. The molecule has 0 aromatic heterocycles. The van der Waals surface area contributed by atoms with Gasteiger partial charge < -0.3 is 10.1 Å². The number of rotatable bonds is 6. The van der Waals surface area contributed by atoms with Crippen molar-refractivity contribution in [2.24, 2.45) is 5.92 Å². The lowest BCUT2D eigenvalue weighted by molar-refractivity contribution is -0.120. The molecule has 7 nitrogen and oxygen atoms in total. The van der Waals surface area contributed by atoms with Crippen LogP contribution in [-0.2, 0) is 19.6 Å². The Morgan fingerprint density at radius 1 is 1.16 bits per heavy atom. The molecule has 0 saturated carbocycles. The summed E-state index contributed by atoms with van der Waals surface area (Å²) in [7, 11) is -3.73. The molecule has 1 aliphatic rings. The van der Waals surface area contributed by atoms with Gasteiger partial charge in [-0.1, -0.05) is 23.2 Å². The molecule has 0 aliphatic carbocycles. The maximum atomic E-state index is 12.9. The minimum absolute atomic E-state index is 0.0646. The van der Waals surface area contributed by atoms with Gasteiger partial charge in [0.05, 0.1) is 28.0 Å². The van der Waals surface area contributed by atoms with Crippen molar-refractivity contribution in [2.75, 3.05) is 25.0 Å². The Morgan fingerprint density at radius 3 is 2.55 bits per heavy atom. The number of piperidine rings is 1. The van der Waals surface area contributed by atoms with Crippen molar-refractivity contribution in [3.63, 3.8) is 0 Å². The third kappa shape index (κ3) is 5.57. The van der Waals surface area contributed by atoms with Gasteiger partial charge in [0.25, 0.3) is 0 Å². The number of ether oxygens (including phenoxy) is 1. The van der Waals surface area contributed by atoms with E-state index in [2.05, 4.69) is 5.32 Å². The van der Waals surface area contributed by atoms with Crippen LogP contribution in [0.4, 0.5) is 5.69 Å². The first kappa shape index (κ1) is 23.5. The van der Waals surface area contributed by atoms with Gasteiger partial charge in [-0.05, 0) is 62.2 Å². The summed E-state index contributed by atoms with van der Waals surface area (Å²) in [6.45, 7) is 2.29. The monoisotopic (exact) mass is 484 g/mol. The smallest absolute Gasteiger partial charge is 0.339 e. The second kappa shape index (κ2) is 9.99. The molecule has 2 aromatic rings. The summed E-state index contributed by atoms with van der Waals surface area (Å²) >= 11 is 11.9. The first-order valence-electron chi connectivity index (χ1n) is 9.75. The Labute approximate surface area is 191 Å². The molecule has 31 heavy (non-hydrogen) atoms. The van der Waals surface area contributed by atoms with Crippen LogP contribution in [0.5, 0.6) is 0 Å². The van der Waals surface area contributed by atoms with Crippen LogP contribution < -0.4 is 5.32 Å².